The standard InChI is InChI=1S/C7H13O6P/c1-13-14(11,12)4-2-5(8)7(10)6(9)3-4/h2,5-10H,3H2,1H3,(H,11,12)/p-1/t5-,6-,7-/m1/s1. The smallest absolute Gasteiger partial charge is 0.160 e. The Kier molecular flexibility index (Phi) is 3.47. The lowest BCUT2D eigenvalue weighted by molar-refractivity contribution is -0.194. The third-order valence-corrected chi connectivity index (χ3v) is 3.63. The summed E-state index contributed by atoms with van der Waals surface area (Å²) in [5.74, 6) is 0. The van der Waals surface area contributed by atoms with Gasteiger partial charge >= 0.3 is 0 Å². The van der Waals surface area contributed by atoms with E-state index < -0.39 is 25.9 Å². The van der Waals surface area contributed by atoms with Gasteiger partial charge in [-0.05, 0) is 6.08 Å². The molecule has 1 aliphatic carbocycles. The van der Waals surface area contributed by atoms with Gasteiger partial charge in [0.15, 0.2) is 7.60 Å². The van der Waals surface area contributed by atoms with Crippen molar-refractivity contribution >= 4 is 7.60 Å². The largest absolute Gasteiger partial charge is 0.775 e. The number of aliphatic hydroxyl groups is 3. The van der Waals surface area contributed by atoms with Crippen LogP contribution in [0.15, 0.2) is 11.4 Å². The van der Waals surface area contributed by atoms with Crippen LogP contribution < -0.4 is 4.89 Å². The van der Waals surface area contributed by atoms with Gasteiger partial charge in [-0.2, -0.15) is 0 Å². The van der Waals surface area contributed by atoms with Gasteiger partial charge in [0.2, 0.25) is 0 Å². The third kappa shape index (κ3) is 2.23. The summed E-state index contributed by atoms with van der Waals surface area (Å²) in [5.41, 5.74) is 0. The van der Waals surface area contributed by atoms with Gasteiger partial charge in [0.1, 0.15) is 12.2 Å². The zero-order valence-corrected chi connectivity index (χ0v) is 8.42. The van der Waals surface area contributed by atoms with E-state index in [-0.39, 0.29) is 11.7 Å². The van der Waals surface area contributed by atoms with E-state index in [4.69, 9.17) is 5.11 Å². The molecule has 1 aliphatic rings. The lowest BCUT2D eigenvalue weighted by atomic mass is 9.99. The summed E-state index contributed by atoms with van der Waals surface area (Å²) in [5, 5.41) is 27.3. The van der Waals surface area contributed by atoms with Crippen molar-refractivity contribution in [3.63, 3.8) is 0 Å². The Morgan fingerprint density at radius 3 is 2.57 bits per heavy atom. The van der Waals surface area contributed by atoms with Crippen LogP contribution in [-0.2, 0) is 9.09 Å². The van der Waals surface area contributed by atoms with Crippen molar-refractivity contribution in [2.24, 2.45) is 0 Å². The molecule has 0 amide bonds. The maximum atomic E-state index is 11.2. The third-order valence-electron chi connectivity index (χ3n) is 2.12. The van der Waals surface area contributed by atoms with Gasteiger partial charge in [-0.3, -0.25) is 0 Å². The number of hydrogen-bond acceptors (Lipinski definition) is 6. The molecule has 14 heavy (non-hydrogen) atoms. The molecule has 0 saturated heterocycles. The fourth-order valence-corrected chi connectivity index (χ4v) is 2.23. The minimum atomic E-state index is -4.17. The summed E-state index contributed by atoms with van der Waals surface area (Å²) >= 11 is 0. The maximum absolute atomic E-state index is 11.2. The van der Waals surface area contributed by atoms with Crippen LogP contribution in [0.3, 0.4) is 0 Å². The van der Waals surface area contributed by atoms with E-state index in [0.717, 1.165) is 13.2 Å². The molecule has 1 rings (SSSR count). The van der Waals surface area contributed by atoms with Crippen LogP contribution >= 0.6 is 7.60 Å². The highest BCUT2D eigenvalue weighted by molar-refractivity contribution is 7.56. The first-order chi connectivity index (χ1) is 6.38. The second kappa shape index (κ2) is 4.10. The molecule has 0 bridgehead atoms. The molecule has 0 fully saturated rings. The lowest BCUT2D eigenvalue weighted by Gasteiger charge is -2.33. The Hall–Kier alpha value is -0.230. The van der Waals surface area contributed by atoms with Crippen LogP contribution in [0.5, 0.6) is 0 Å². The first kappa shape index (κ1) is 11.8. The van der Waals surface area contributed by atoms with E-state index in [1.807, 2.05) is 0 Å². The van der Waals surface area contributed by atoms with Crippen LogP contribution in [0.1, 0.15) is 6.42 Å². The topological polar surface area (TPSA) is 110 Å². The van der Waals surface area contributed by atoms with Crippen LogP contribution in [0.2, 0.25) is 0 Å². The van der Waals surface area contributed by atoms with Crippen molar-refractivity contribution in [3.8, 4) is 0 Å². The number of aliphatic hydroxyl groups excluding tert-OH is 3. The molecular formula is C7H12O6P-. The predicted octanol–water partition coefficient (Wildman–Crippen LogP) is -1.44. The van der Waals surface area contributed by atoms with Crippen molar-refractivity contribution in [2.75, 3.05) is 7.11 Å². The van der Waals surface area contributed by atoms with Crippen molar-refractivity contribution in [3.05, 3.63) is 11.4 Å². The Morgan fingerprint density at radius 2 is 2.14 bits per heavy atom. The van der Waals surface area contributed by atoms with Crippen molar-refractivity contribution in [1.82, 2.24) is 0 Å². The summed E-state index contributed by atoms with van der Waals surface area (Å²) in [6.45, 7) is 0. The molecular weight excluding hydrogens is 211 g/mol. The summed E-state index contributed by atoms with van der Waals surface area (Å²) in [6.07, 6.45) is -3.29. The zero-order chi connectivity index (χ0) is 10.9. The highest BCUT2D eigenvalue weighted by Crippen LogP contribution is 2.49. The highest BCUT2D eigenvalue weighted by atomic mass is 31.2. The summed E-state index contributed by atoms with van der Waals surface area (Å²) in [7, 11) is -3.17. The monoisotopic (exact) mass is 223 g/mol. The van der Waals surface area contributed by atoms with Gasteiger partial charge in [0.25, 0.3) is 0 Å². The van der Waals surface area contributed by atoms with E-state index >= 15 is 0 Å². The minimum absolute atomic E-state index is 0.190. The minimum Gasteiger partial charge on any atom is -0.775 e. The van der Waals surface area contributed by atoms with E-state index in [1.165, 1.54) is 0 Å². The van der Waals surface area contributed by atoms with Crippen molar-refractivity contribution < 1.29 is 29.3 Å². The van der Waals surface area contributed by atoms with Crippen LogP contribution in [0, 0.1) is 0 Å². The Labute approximate surface area is 81.0 Å². The molecule has 0 spiro atoms. The molecule has 0 heterocycles. The molecule has 0 aromatic heterocycles. The van der Waals surface area contributed by atoms with Crippen molar-refractivity contribution in [2.45, 2.75) is 24.7 Å². The molecule has 0 aromatic rings. The molecule has 4 atom stereocenters. The molecule has 3 N–H and O–H groups in total. The second-order valence-corrected chi connectivity index (χ2v) is 5.03. The average molecular weight is 223 g/mol. The molecule has 82 valence electrons. The first-order valence-corrected chi connectivity index (χ1v) is 5.55. The van der Waals surface area contributed by atoms with Gasteiger partial charge in [0, 0.05) is 18.8 Å². The van der Waals surface area contributed by atoms with Gasteiger partial charge in [-0.1, -0.05) is 0 Å². The van der Waals surface area contributed by atoms with E-state index in [1.54, 1.807) is 0 Å². The molecule has 0 aliphatic heterocycles. The number of hydrogen-bond donors (Lipinski definition) is 3. The van der Waals surface area contributed by atoms with E-state index in [0.29, 0.717) is 0 Å². The predicted molar refractivity (Wildman–Crippen MR) is 45.3 cm³/mol. The van der Waals surface area contributed by atoms with Crippen LogP contribution in [0.4, 0.5) is 0 Å². The van der Waals surface area contributed by atoms with Gasteiger partial charge in [-0.15, -0.1) is 0 Å². The van der Waals surface area contributed by atoms with Gasteiger partial charge in [-0.25, -0.2) is 0 Å². The van der Waals surface area contributed by atoms with Gasteiger partial charge < -0.3 is 29.3 Å². The Morgan fingerprint density at radius 1 is 1.57 bits per heavy atom. The fourth-order valence-electron chi connectivity index (χ4n) is 1.25. The van der Waals surface area contributed by atoms with E-state index in [2.05, 4.69) is 4.52 Å². The Balaban J connectivity index is 2.93. The summed E-state index contributed by atoms with van der Waals surface area (Å²) < 4.78 is 15.4. The quantitative estimate of drug-likeness (QED) is 0.494. The van der Waals surface area contributed by atoms with Gasteiger partial charge in [0.05, 0.1) is 6.10 Å². The Bertz CT molecular complexity index is 288. The average Bonchev–Trinajstić information content (AvgIpc) is 2.13. The van der Waals surface area contributed by atoms with Crippen LogP contribution in [-0.4, -0.2) is 40.7 Å². The molecule has 0 radical (unpaired) electrons. The second-order valence-electron chi connectivity index (χ2n) is 3.09. The van der Waals surface area contributed by atoms with Crippen molar-refractivity contribution in [1.29, 1.82) is 0 Å². The fraction of sp³-hybridized carbons (Fsp3) is 0.714. The number of rotatable bonds is 2. The maximum Gasteiger partial charge on any atom is 0.160 e. The summed E-state index contributed by atoms with van der Waals surface area (Å²) in [6, 6.07) is 0. The normalized spacial score (nSPS) is 37.5. The molecule has 1 unspecified atom stereocenters. The highest BCUT2D eigenvalue weighted by Gasteiger charge is 2.32. The van der Waals surface area contributed by atoms with Crippen LogP contribution in [0.25, 0.3) is 0 Å². The molecule has 7 heteroatoms. The van der Waals surface area contributed by atoms with E-state index in [9.17, 15) is 19.7 Å². The summed E-state index contributed by atoms with van der Waals surface area (Å²) in [4.78, 5) is 11.2. The molecule has 0 saturated carbocycles. The zero-order valence-electron chi connectivity index (χ0n) is 7.53. The lowest BCUT2D eigenvalue weighted by Crippen LogP contribution is -2.40. The first-order valence-electron chi connectivity index (χ1n) is 4.00. The molecule has 0 aromatic carbocycles. The SMILES string of the molecule is COP(=O)([O-])C1=C[C@@H](O)[C@@H](O)[C@H](O)C1. The molecule has 6 nitrogen and oxygen atoms in total.